The van der Waals surface area contributed by atoms with Crippen molar-refractivity contribution in [1.29, 1.82) is 0 Å². The van der Waals surface area contributed by atoms with Crippen molar-refractivity contribution in [1.82, 2.24) is 9.88 Å². The van der Waals surface area contributed by atoms with Crippen LogP contribution in [0.2, 0.25) is 0 Å². The number of nitrogens with zero attached hydrogens (tertiary/aromatic N) is 1. The molecule has 1 saturated carbocycles. The largest absolute Gasteiger partial charge is 0.373 e. The van der Waals surface area contributed by atoms with Gasteiger partial charge in [0.15, 0.2) is 0 Å². The molecule has 4 rings (SSSR count). The maximum atomic E-state index is 12.5. The van der Waals surface area contributed by atoms with E-state index in [0.29, 0.717) is 18.5 Å². The van der Waals surface area contributed by atoms with E-state index < -0.39 is 0 Å². The standard InChI is InChI=1S/C19H22N2O2/c22-19(17-7-4-11-21(17)16-8-9-16)20-13-15-10-12-23-18(15)14-5-2-1-3-6-14/h1-7,11,15-16,18H,8-10,12-13H2,(H,20,22)/t15-,18-/m0/s1. The zero-order chi connectivity index (χ0) is 15.6. The lowest BCUT2D eigenvalue weighted by Gasteiger charge is -2.19. The van der Waals surface area contributed by atoms with E-state index in [1.807, 2.05) is 36.5 Å². The van der Waals surface area contributed by atoms with Crippen LogP contribution >= 0.6 is 0 Å². The molecule has 1 amide bonds. The molecule has 0 radical (unpaired) electrons. The molecule has 1 aromatic carbocycles. The average molecular weight is 310 g/mol. The molecule has 2 atom stereocenters. The number of carbonyl (C=O) groups excluding carboxylic acids is 1. The van der Waals surface area contributed by atoms with Crippen molar-refractivity contribution in [2.45, 2.75) is 31.4 Å². The van der Waals surface area contributed by atoms with Crippen LogP contribution in [0.1, 0.15) is 47.5 Å². The Bertz CT molecular complexity index is 676. The van der Waals surface area contributed by atoms with Crippen molar-refractivity contribution in [3.8, 4) is 0 Å². The smallest absolute Gasteiger partial charge is 0.267 e. The Morgan fingerprint density at radius 2 is 1.96 bits per heavy atom. The van der Waals surface area contributed by atoms with E-state index in [1.54, 1.807) is 0 Å². The second kappa shape index (κ2) is 6.20. The van der Waals surface area contributed by atoms with Crippen LogP contribution in [0.3, 0.4) is 0 Å². The summed E-state index contributed by atoms with van der Waals surface area (Å²) in [4.78, 5) is 12.5. The molecule has 2 aliphatic rings. The molecular formula is C19H22N2O2. The number of nitrogens with one attached hydrogen (secondary N) is 1. The third-order valence-electron chi connectivity index (χ3n) is 4.82. The lowest BCUT2D eigenvalue weighted by molar-refractivity contribution is 0.0842. The van der Waals surface area contributed by atoms with Gasteiger partial charge in [0.05, 0.1) is 6.10 Å². The van der Waals surface area contributed by atoms with E-state index in [4.69, 9.17) is 4.74 Å². The van der Waals surface area contributed by atoms with E-state index in [9.17, 15) is 4.79 Å². The van der Waals surface area contributed by atoms with E-state index in [1.165, 1.54) is 18.4 Å². The first-order valence-electron chi connectivity index (χ1n) is 8.44. The van der Waals surface area contributed by atoms with Crippen molar-refractivity contribution in [3.63, 3.8) is 0 Å². The molecule has 0 unspecified atom stereocenters. The maximum Gasteiger partial charge on any atom is 0.267 e. The third-order valence-corrected chi connectivity index (χ3v) is 4.82. The number of ether oxygens (including phenoxy) is 1. The summed E-state index contributed by atoms with van der Waals surface area (Å²) >= 11 is 0. The number of carbonyl (C=O) groups is 1. The van der Waals surface area contributed by atoms with Crippen LogP contribution in [0.25, 0.3) is 0 Å². The summed E-state index contributed by atoms with van der Waals surface area (Å²) in [6, 6.07) is 14.7. The Morgan fingerprint density at radius 1 is 1.13 bits per heavy atom. The molecule has 23 heavy (non-hydrogen) atoms. The summed E-state index contributed by atoms with van der Waals surface area (Å²) in [5.74, 6) is 0.367. The molecule has 1 aromatic heterocycles. The highest BCUT2D eigenvalue weighted by atomic mass is 16.5. The van der Waals surface area contributed by atoms with Gasteiger partial charge in [0, 0.05) is 31.3 Å². The molecule has 2 heterocycles. The monoisotopic (exact) mass is 310 g/mol. The summed E-state index contributed by atoms with van der Waals surface area (Å²) < 4.78 is 8.00. The number of aromatic nitrogens is 1. The highest BCUT2D eigenvalue weighted by Gasteiger charge is 2.31. The number of hydrogen-bond acceptors (Lipinski definition) is 2. The van der Waals surface area contributed by atoms with Crippen molar-refractivity contribution in [3.05, 3.63) is 59.9 Å². The molecule has 2 aromatic rings. The van der Waals surface area contributed by atoms with Gasteiger partial charge in [0.25, 0.3) is 5.91 Å². The predicted molar refractivity (Wildman–Crippen MR) is 88.3 cm³/mol. The van der Waals surface area contributed by atoms with Crippen molar-refractivity contribution in [2.75, 3.05) is 13.2 Å². The first-order valence-corrected chi connectivity index (χ1v) is 8.44. The number of hydrogen-bond donors (Lipinski definition) is 1. The second-order valence-electron chi connectivity index (χ2n) is 6.49. The summed E-state index contributed by atoms with van der Waals surface area (Å²) in [6.07, 6.45) is 5.46. The van der Waals surface area contributed by atoms with Crippen LogP contribution in [-0.4, -0.2) is 23.6 Å². The minimum atomic E-state index is 0.0283. The Kier molecular flexibility index (Phi) is 3.92. The van der Waals surface area contributed by atoms with Crippen molar-refractivity contribution in [2.24, 2.45) is 5.92 Å². The SMILES string of the molecule is O=C(NC[C@@H]1CCO[C@H]1c1ccccc1)c1cccn1C1CC1. The van der Waals surface area contributed by atoms with E-state index in [2.05, 4.69) is 22.0 Å². The molecular weight excluding hydrogens is 288 g/mol. The topological polar surface area (TPSA) is 43.3 Å². The fourth-order valence-corrected chi connectivity index (χ4v) is 3.43. The lowest BCUT2D eigenvalue weighted by Crippen LogP contribution is -2.31. The van der Waals surface area contributed by atoms with Crippen molar-refractivity contribution < 1.29 is 9.53 Å². The van der Waals surface area contributed by atoms with Crippen molar-refractivity contribution >= 4 is 5.91 Å². The zero-order valence-corrected chi connectivity index (χ0v) is 13.2. The Hall–Kier alpha value is -2.07. The molecule has 0 spiro atoms. The molecule has 1 N–H and O–H groups in total. The average Bonchev–Trinajstić information content (AvgIpc) is 3.13. The van der Waals surface area contributed by atoms with Gasteiger partial charge in [-0.05, 0) is 37.0 Å². The van der Waals surface area contributed by atoms with E-state index >= 15 is 0 Å². The Balaban J connectivity index is 1.40. The van der Waals surface area contributed by atoms with Crippen LogP contribution in [0.5, 0.6) is 0 Å². The Labute approximate surface area is 136 Å². The summed E-state index contributed by atoms with van der Waals surface area (Å²) in [5.41, 5.74) is 1.98. The summed E-state index contributed by atoms with van der Waals surface area (Å²) in [7, 11) is 0. The van der Waals surface area contributed by atoms with Gasteiger partial charge in [-0.15, -0.1) is 0 Å². The zero-order valence-electron chi connectivity index (χ0n) is 13.2. The van der Waals surface area contributed by atoms with Gasteiger partial charge in [-0.2, -0.15) is 0 Å². The van der Waals surface area contributed by atoms with Gasteiger partial charge >= 0.3 is 0 Å². The number of rotatable bonds is 5. The lowest BCUT2D eigenvalue weighted by atomic mass is 9.95. The molecule has 4 nitrogen and oxygen atoms in total. The molecule has 1 aliphatic carbocycles. The highest BCUT2D eigenvalue weighted by molar-refractivity contribution is 5.92. The second-order valence-corrected chi connectivity index (χ2v) is 6.49. The molecule has 2 fully saturated rings. The van der Waals surface area contributed by atoms with Crippen LogP contribution in [-0.2, 0) is 4.74 Å². The van der Waals surface area contributed by atoms with E-state index in [-0.39, 0.29) is 12.0 Å². The molecule has 0 bridgehead atoms. The van der Waals surface area contributed by atoms with Gasteiger partial charge in [0.2, 0.25) is 0 Å². The van der Waals surface area contributed by atoms with Gasteiger partial charge in [0.1, 0.15) is 5.69 Å². The number of benzene rings is 1. The first-order chi connectivity index (χ1) is 11.3. The van der Waals surface area contributed by atoms with Gasteiger partial charge in [-0.1, -0.05) is 30.3 Å². The fraction of sp³-hybridized carbons (Fsp3) is 0.421. The minimum absolute atomic E-state index is 0.0283. The summed E-state index contributed by atoms with van der Waals surface area (Å²) in [6.45, 7) is 1.42. The van der Waals surface area contributed by atoms with Crippen LogP contribution < -0.4 is 5.32 Å². The van der Waals surface area contributed by atoms with E-state index in [0.717, 1.165) is 18.7 Å². The summed E-state index contributed by atoms with van der Waals surface area (Å²) in [5, 5.41) is 3.11. The third kappa shape index (κ3) is 3.04. The van der Waals surface area contributed by atoms with Crippen LogP contribution in [0.15, 0.2) is 48.7 Å². The first kappa shape index (κ1) is 14.5. The van der Waals surface area contributed by atoms with Gasteiger partial charge in [-0.25, -0.2) is 0 Å². The Morgan fingerprint density at radius 3 is 2.74 bits per heavy atom. The van der Waals surface area contributed by atoms with Gasteiger partial charge in [-0.3, -0.25) is 4.79 Å². The normalized spacial score (nSPS) is 23.8. The molecule has 1 aliphatic heterocycles. The van der Waals surface area contributed by atoms with Gasteiger partial charge < -0.3 is 14.6 Å². The minimum Gasteiger partial charge on any atom is -0.373 e. The van der Waals surface area contributed by atoms with Crippen LogP contribution in [0.4, 0.5) is 0 Å². The predicted octanol–water partition coefficient (Wildman–Crippen LogP) is 3.33. The fourth-order valence-electron chi connectivity index (χ4n) is 3.43. The molecule has 120 valence electrons. The molecule has 4 heteroatoms. The number of amides is 1. The maximum absolute atomic E-state index is 12.5. The molecule has 1 saturated heterocycles. The quantitative estimate of drug-likeness (QED) is 0.920. The highest BCUT2D eigenvalue weighted by Crippen LogP contribution is 2.36. The van der Waals surface area contributed by atoms with Crippen LogP contribution in [0, 0.1) is 5.92 Å².